The molecule has 0 aromatic heterocycles. The van der Waals surface area contributed by atoms with Gasteiger partial charge >= 0.3 is 0 Å². The van der Waals surface area contributed by atoms with Gasteiger partial charge in [-0.25, -0.2) is 0 Å². The Kier molecular flexibility index (Phi) is 4.78. The molecule has 1 heterocycles. The number of quaternary nitrogens is 1. The first-order valence-corrected chi connectivity index (χ1v) is 7.74. The third-order valence-electron chi connectivity index (χ3n) is 3.01. The van der Waals surface area contributed by atoms with Gasteiger partial charge in [0.25, 0.3) is 5.91 Å². The van der Waals surface area contributed by atoms with E-state index in [0.717, 1.165) is 33.0 Å². The molecule has 2 rings (SSSR count). The van der Waals surface area contributed by atoms with Crippen molar-refractivity contribution in [2.24, 2.45) is 0 Å². The Hall–Kier alpha value is -1.27. The molecule has 5 nitrogen and oxygen atoms in total. The summed E-state index contributed by atoms with van der Waals surface area (Å²) in [5.74, 6) is 1.57. The molecular formula is C15H22BrN2O3+. The third kappa shape index (κ3) is 4.61. The fourth-order valence-electron chi connectivity index (χ4n) is 2.22. The van der Waals surface area contributed by atoms with Crippen LogP contribution in [0.5, 0.6) is 11.5 Å². The van der Waals surface area contributed by atoms with E-state index in [0.29, 0.717) is 6.54 Å². The average Bonchev–Trinajstić information content (AvgIpc) is 2.73. The van der Waals surface area contributed by atoms with Crippen LogP contribution in [0.15, 0.2) is 16.6 Å². The number of hydrogen-bond acceptors (Lipinski definition) is 3. The number of halogens is 1. The van der Waals surface area contributed by atoms with Crippen LogP contribution < -0.4 is 19.7 Å². The lowest BCUT2D eigenvalue weighted by Gasteiger charge is -2.22. The first kappa shape index (κ1) is 16.1. The van der Waals surface area contributed by atoms with E-state index in [1.54, 1.807) is 0 Å². The first-order valence-electron chi connectivity index (χ1n) is 6.95. The number of carbonyl (C=O) groups excluding carboxylic acids is 1. The van der Waals surface area contributed by atoms with Crippen LogP contribution >= 0.6 is 15.9 Å². The van der Waals surface area contributed by atoms with Gasteiger partial charge < -0.3 is 19.7 Å². The molecule has 6 heteroatoms. The van der Waals surface area contributed by atoms with Gasteiger partial charge in [-0.3, -0.25) is 4.79 Å². The lowest BCUT2D eigenvalue weighted by Crippen LogP contribution is -3.09. The zero-order valence-electron chi connectivity index (χ0n) is 12.9. The second-order valence-corrected chi connectivity index (χ2v) is 7.26. The number of benzene rings is 1. The molecule has 0 saturated carbocycles. The minimum Gasteiger partial charge on any atom is -0.454 e. The zero-order valence-corrected chi connectivity index (χ0v) is 14.5. The largest absolute Gasteiger partial charge is 0.454 e. The summed E-state index contributed by atoms with van der Waals surface area (Å²) in [5.41, 5.74) is 0.900. The molecule has 0 spiro atoms. The third-order valence-corrected chi connectivity index (χ3v) is 3.75. The molecule has 21 heavy (non-hydrogen) atoms. The van der Waals surface area contributed by atoms with E-state index in [1.807, 2.05) is 40.0 Å². The van der Waals surface area contributed by atoms with Crippen LogP contribution in [0.3, 0.4) is 0 Å². The number of ether oxygens (including phenoxy) is 2. The Labute approximate surface area is 133 Å². The second kappa shape index (κ2) is 6.23. The van der Waals surface area contributed by atoms with Crippen molar-refractivity contribution in [3.05, 3.63) is 22.2 Å². The molecule has 1 aromatic rings. The molecule has 0 bridgehead atoms. The van der Waals surface area contributed by atoms with Gasteiger partial charge in [0.1, 0.15) is 6.54 Å². The summed E-state index contributed by atoms with van der Waals surface area (Å²) in [6.45, 7) is 7.37. The quantitative estimate of drug-likeness (QED) is 0.848. The van der Waals surface area contributed by atoms with Gasteiger partial charge in [0, 0.05) is 15.6 Å². The van der Waals surface area contributed by atoms with Crippen molar-refractivity contribution >= 4 is 21.8 Å². The summed E-state index contributed by atoms with van der Waals surface area (Å²) in [4.78, 5) is 13.1. The smallest absolute Gasteiger partial charge is 0.275 e. The van der Waals surface area contributed by atoms with Crippen LogP contribution in [-0.4, -0.2) is 31.8 Å². The first-order chi connectivity index (χ1) is 9.74. The van der Waals surface area contributed by atoms with Gasteiger partial charge in [0.2, 0.25) is 6.79 Å². The number of amides is 1. The Bertz CT molecular complexity index is 540. The Morgan fingerprint density at radius 1 is 1.33 bits per heavy atom. The molecule has 116 valence electrons. The minimum absolute atomic E-state index is 0.0527. The number of nitrogens with one attached hydrogen (secondary N) is 2. The van der Waals surface area contributed by atoms with E-state index in [4.69, 9.17) is 9.47 Å². The summed E-state index contributed by atoms with van der Waals surface area (Å²) in [6.07, 6.45) is 0. The van der Waals surface area contributed by atoms with Crippen molar-refractivity contribution in [1.29, 1.82) is 0 Å². The molecule has 1 unspecified atom stereocenters. The SMILES string of the molecule is C[NH+](CC(=O)NC(C)(C)C)Cc1cc2c(cc1Br)OCO2. The van der Waals surface area contributed by atoms with Gasteiger partial charge in [-0.15, -0.1) is 0 Å². The molecule has 1 atom stereocenters. The zero-order chi connectivity index (χ0) is 15.6. The van der Waals surface area contributed by atoms with Crippen molar-refractivity contribution in [1.82, 2.24) is 5.32 Å². The molecule has 0 fully saturated rings. The highest BCUT2D eigenvalue weighted by Crippen LogP contribution is 2.36. The van der Waals surface area contributed by atoms with Crippen LogP contribution in [0, 0.1) is 0 Å². The molecular weight excluding hydrogens is 336 g/mol. The van der Waals surface area contributed by atoms with Crippen LogP contribution in [0.4, 0.5) is 0 Å². The van der Waals surface area contributed by atoms with Crippen LogP contribution in [-0.2, 0) is 11.3 Å². The monoisotopic (exact) mass is 357 g/mol. The highest BCUT2D eigenvalue weighted by Gasteiger charge is 2.20. The van der Waals surface area contributed by atoms with Crippen molar-refractivity contribution in [3.8, 4) is 11.5 Å². The predicted molar refractivity (Wildman–Crippen MR) is 83.6 cm³/mol. The highest BCUT2D eigenvalue weighted by atomic mass is 79.9. The second-order valence-electron chi connectivity index (χ2n) is 6.41. The number of fused-ring (bicyclic) bond motifs is 1. The Balaban J connectivity index is 1.97. The van der Waals surface area contributed by atoms with Crippen LogP contribution in [0.2, 0.25) is 0 Å². The summed E-state index contributed by atoms with van der Waals surface area (Å²) in [7, 11) is 2.00. The number of rotatable bonds is 4. The summed E-state index contributed by atoms with van der Waals surface area (Å²) in [5, 5.41) is 2.98. The summed E-state index contributed by atoms with van der Waals surface area (Å²) in [6, 6.07) is 3.89. The van der Waals surface area contributed by atoms with Gasteiger partial charge in [0.15, 0.2) is 18.0 Å². The molecule has 0 radical (unpaired) electrons. The highest BCUT2D eigenvalue weighted by molar-refractivity contribution is 9.10. The molecule has 0 saturated heterocycles. The van der Waals surface area contributed by atoms with Gasteiger partial charge in [-0.05, 0) is 32.9 Å². The van der Waals surface area contributed by atoms with Crippen molar-refractivity contribution in [3.63, 3.8) is 0 Å². The number of carbonyl (C=O) groups is 1. The van der Waals surface area contributed by atoms with Gasteiger partial charge in [-0.2, -0.15) is 0 Å². The lowest BCUT2D eigenvalue weighted by atomic mass is 10.1. The molecule has 2 N–H and O–H groups in total. The van der Waals surface area contributed by atoms with E-state index in [-0.39, 0.29) is 18.2 Å². The fourth-order valence-corrected chi connectivity index (χ4v) is 2.68. The fraction of sp³-hybridized carbons (Fsp3) is 0.533. The normalized spacial score (nSPS) is 14.9. The molecule has 1 aliphatic heterocycles. The van der Waals surface area contributed by atoms with Crippen molar-refractivity contribution in [2.75, 3.05) is 20.4 Å². The number of hydrogen-bond donors (Lipinski definition) is 2. The predicted octanol–water partition coefficient (Wildman–Crippen LogP) is 1.11. The van der Waals surface area contributed by atoms with Crippen LogP contribution in [0.1, 0.15) is 26.3 Å². The van der Waals surface area contributed by atoms with Gasteiger partial charge in [-0.1, -0.05) is 15.9 Å². The van der Waals surface area contributed by atoms with Gasteiger partial charge in [0.05, 0.1) is 7.05 Å². The van der Waals surface area contributed by atoms with Crippen molar-refractivity contribution in [2.45, 2.75) is 32.9 Å². The van der Waals surface area contributed by atoms with E-state index in [9.17, 15) is 4.79 Å². The molecule has 1 amide bonds. The molecule has 1 aliphatic rings. The molecule has 1 aromatic carbocycles. The maximum Gasteiger partial charge on any atom is 0.275 e. The van der Waals surface area contributed by atoms with E-state index >= 15 is 0 Å². The van der Waals surface area contributed by atoms with E-state index in [2.05, 4.69) is 21.2 Å². The number of likely N-dealkylation sites (N-methyl/N-ethyl adjacent to an activating group) is 1. The maximum absolute atomic E-state index is 11.9. The maximum atomic E-state index is 11.9. The lowest BCUT2D eigenvalue weighted by molar-refractivity contribution is -0.885. The summed E-state index contributed by atoms with van der Waals surface area (Å²) < 4.78 is 11.7. The van der Waals surface area contributed by atoms with Crippen LogP contribution in [0.25, 0.3) is 0 Å². The Morgan fingerprint density at radius 2 is 1.95 bits per heavy atom. The van der Waals surface area contributed by atoms with E-state index < -0.39 is 0 Å². The topological polar surface area (TPSA) is 52.0 Å². The molecule has 0 aliphatic carbocycles. The average molecular weight is 358 g/mol. The minimum atomic E-state index is -0.198. The Morgan fingerprint density at radius 3 is 2.57 bits per heavy atom. The standard InChI is InChI=1S/C15H21BrN2O3/c1-15(2,3)17-14(19)8-18(4)7-10-5-12-13(6-11(10)16)21-9-20-12/h5-6H,7-9H2,1-4H3,(H,17,19)/p+1. The van der Waals surface area contributed by atoms with E-state index in [1.165, 1.54) is 0 Å². The van der Waals surface area contributed by atoms with Crippen molar-refractivity contribution < 1.29 is 19.2 Å². The summed E-state index contributed by atoms with van der Waals surface area (Å²) >= 11 is 3.54.